The van der Waals surface area contributed by atoms with Gasteiger partial charge in [0.2, 0.25) is 5.91 Å². The summed E-state index contributed by atoms with van der Waals surface area (Å²) in [7, 11) is -3.95. The first kappa shape index (κ1) is 17.4. The van der Waals surface area contributed by atoms with Crippen molar-refractivity contribution in [2.75, 3.05) is 13.1 Å². The van der Waals surface area contributed by atoms with Gasteiger partial charge in [-0.15, -0.1) is 0 Å². The molecule has 0 bridgehead atoms. The van der Waals surface area contributed by atoms with Gasteiger partial charge in [0.1, 0.15) is 11.1 Å². The summed E-state index contributed by atoms with van der Waals surface area (Å²) in [6.07, 6.45) is 0.990. The van der Waals surface area contributed by atoms with Crippen LogP contribution in [0.25, 0.3) is 0 Å². The molecule has 0 unspecified atom stereocenters. The van der Waals surface area contributed by atoms with Crippen LogP contribution >= 0.6 is 0 Å². The molecule has 1 N–H and O–H groups in total. The molecule has 1 aliphatic rings. The lowest BCUT2D eigenvalue weighted by Crippen LogP contribution is -2.47. The SMILES string of the molecule is C[C@@H](C(=O)N1CCC[C@H](C(=O)O)C1)S(=O)(=O)c1ccc(F)cc1. The summed E-state index contributed by atoms with van der Waals surface area (Å²) in [5.74, 6) is -2.85. The maximum Gasteiger partial charge on any atom is 0.308 e. The van der Waals surface area contributed by atoms with Crippen LogP contribution in [-0.2, 0) is 19.4 Å². The number of aliphatic carboxylic acids is 1. The molecule has 1 aromatic rings. The topological polar surface area (TPSA) is 91.8 Å². The molecule has 0 saturated carbocycles. The fourth-order valence-electron chi connectivity index (χ4n) is 2.60. The Hall–Kier alpha value is -1.96. The summed E-state index contributed by atoms with van der Waals surface area (Å²) in [4.78, 5) is 24.6. The summed E-state index contributed by atoms with van der Waals surface area (Å²) < 4.78 is 37.8. The van der Waals surface area contributed by atoms with Crippen molar-refractivity contribution < 1.29 is 27.5 Å². The lowest BCUT2D eigenvalue weighted by atomic mass is 9.98. The number of likely N-dealkylation sites (tertiary alicyclic amines) is 1. The Morgan fingerprint density at radius 3 is 2.48 bits per heavy atom. The molecule has 1 amide bonds. The Morgan fingerprint density at radius 2 is 1.91 bits per heavy atom. The molecule has 0 radical (unpaired) electrons. The molecule has 1 saturated heterocycles. The molecule has 8 heteroatoms. The van der Waals surface area contributed by atoms with Gasteiger partial charge in [-0.05, 0) is 44.0 Å². The Kier molecular flexibility index (Phi) is 5.03. The van der Waals surface area contributed by atoms with E-state index in [1.807, 2.05) is 0 Å². The van der Waals surface area contributed by atoms with Crippen LogP contribution in [0.4, 0.5) is 4.39 Å². The largest absolute Gasteiger partial charge is 0.481 e. The monoisotopic (exact) mass is 343 g/mol. The number of halogens is 1. The first-order valence-electron chi connectivity index (χ1n) is 7.24. The second-order valence-corrected chi connectivity index (χ2v) is 7.87. The molecule has 23 heavy (non-hydrogen) atoms. The molecule has 1 aromatic carbocycles. The van der Waals surface area contributed by atoms with E-state index in [1.165, 1.54) is 11.8 Å². The molecular weight excluding hydrogens is 325 g/mol. The first-order valence-corrected chi connectivity index (χ1v) is 8.79. The first-order chi connectivity index (χ1) is 10.7. The third kappa shape index (κ3) is 3.69. The highest BCUT2D eigenvalue weighted by atomic mass is 32.2. The molecule has 1 heterocycles. The van der Waals surface area contributed by atoms with Crippen molar-refractivity contribution in [2.45, 2.75) is 29.9 Å². The lowest BCUT2D eigenvalue weighted by Gasteiger charge is -2.32. The van der Waals surface area contributed by atoms with Gasteiger partial charge in [-0.3, -0.25) is 9.59 Å². The van der Waals surface area contributed by atoms with E-state index in [1.54, 1.807) is 0 Å². The van der Waals surface area contributed by atoms with Crippen molar-refractivity contribution in [3.63, 3.8) is 0 Å². The van der Waals surface area contributed by atoms with Gasteiger partial charge >= 0.3 is 5.97 Å². The van der Waals surface area contributed by atoms with Gasteiger partial charge in [0.25, 0.3) is 0 Å². The zero-order valence-electron chi connectivity index (χ0n) is 12.6. The van der Waals surface area contributed by atoms with Crippen LogP contribution in [0, 0.1) is 11.7 Å². The van der Waals surface area contributed by atoms with Crippen molar-refractivity contribution in [1.29, 1.82) is 0 Å². The highest BCUT2D eigenvalue weighted by molar-refractivity contribution is 7.92. The number of rotatable bonds is 4. The Bertz CT molecular complexity index is 701. The zero-order chi connectivity index (χ0) is 17.2. The number of sulfone groups is 1. The number of nitrogens with zero attached hydrogens (tertiary/aromatic N) is 1. The van der Waals surface area contributed by atoms with Crippen LogP contribution in [0.15, 0.2) is 29.2 Å². The summed E-state index contributed by atoms with van der Waals surface area (Å²) in [6.45, 7) is 1.62. The highest BCUT2D eigenvalue weighted by Gasteiger charge is 2.36. The van der Waals surface area contributed by atoms with Crippen molar-refractivity contribution in [1.82, 2.24) is 4.90 Å². The minimum atomic E-state index is -3.95. The molecule has 0 aliphatic carbocycles. The Balaban J connectivity index is 2.18. The van der Waals surface area contributed by atoms with E-state index >= 15 is 0 Å². The minimum absolute atomic E-state index is 0.0114. The van der Waals surface area contributed by atoms with Crippen molar-refractivity contribution >= 4 is 21.7 Å². The molecule has 2 atom stereocenters. The summed E-state index contributed by atoms with van der Waals surface area (Å²) in [5, 5.41) is 7.70. The molecular formula is C15H18FNO5S. The van der Waals surface area contributed by atoms with E-state index < -0.39 is 38.7 Å². The standard InChI is InChI=1S/C15H18FNO5S/c1-10(23(21,22)13-6-4-12(16)5-7-13)14(18)17-8-2-3-11(9-17)15(19)20/h4-7,10-11H,2-3,8-9H2,1H3,(H,19,20)/t10-,11-/m0/s1. The van der Waals surface area contributed by atoms with E-state index in [4.69, 9.17) is 5.11 Å². The fraction of sp³-hybridized carbons (Fsp3) is 0.467. The average molecular weight is 343 g/mol. The number of benzene rings is 1. The van der Waals surface area contributed by atoms with Crippen LogP contribution < -0.4 is 0 Å². The van der Waals surface area contributed by atoms with Crippen LogP contribution in [0.1, 0.15) is 19.8 Å². The number of carbonyl (C=O) groups is 2. The molecule has 1 aliphatic heterocycles. The van der Waals surface area contributed by atoms with Gasteiger partial charge in [0.15, 0.2) is 9.84 Å². The van der Waals surface area contributed by atoms with E-state index in [2.05, 4.69) is 0 Å². The highest BCUT2D eigenvalue weighted by Crippen LogP contribution is 2.22. The van der Waals surface area contributed by atoms with E-state index in [9.17, 15) is 22.4 Å². The van der Waals surface area contributed by atoms with Crippen molar-refractivity contribution in [2.24, 2.45) is 5.92 Å². The summed E-state index contributed by atoms with van der Waals surface area (Å²) in [6, 6.07) is 4.27. The average Bonchev–Trinajstić information content (AvgIpc) is 2.54. The van der Waals surface area contributed by atoms with E-state index in [-0.39, 0.29) is 11.4 Å². The minimum Gasteiger partial charge on any atom is -0.481 e. The van der Waals surface area contributed by atoms with Crippen LogP contribution in [0.2, 0.25) is 0 Å². The number of hydrogen-bond acceptors (Lipinski definition) is 4. The quantitative estimate of drug-likeness (QED) is 0.832. The number of amides is 1. The second-order valence-electron chi connectivity index (χ2n) is 5.60. The maximum atomic E-state index is 12.9. The maximum absolute atomic E-state index is 12.9. The zero-order valence-corrected chi connectivity index (χ0v) is 13.4. The van der Waals surface area contributed by atoms with Gasteiger partial charge in [0, 0.05) is 13.1 Å². The predicted octanol–water partition coefficient (Wildman–Crippen LogP) is 1.31. The molecule has 0 spiro atoms. The predicted molar refractivity (Wildman–Crippen MR) is 80.0 cm³/mol. The summed E-state index contributed by atoms with van der Waals surface area (Å²) in [5.41, 5.74) is 0. The lowest BCUT2D eigenvalue weighted by molar-refractivity contribution is -0.145. The van der Waals surface area contributed by atoms with Gasteiger partial charge in [-0.2, -0.15) is 0 Å². The van der Waals surface area contributed by atoms with Crippen LogP contribution in [0.5, 0.6) is 0 Å². The Morgan fingerprint density at radius 1 is 1.30 bits per heavy atom. The van der Waals surface area contributed by atoms with Crippen molar-refractivity contribution in [3.8, 4) is 0 Å². The van der Waals surface area contributed by atoms with Gasteiger partial charge in [-0.25, -0.2) is 12.8 Å². The number of piperidine rings is 1. The number of hydrogen-bond donors (Lipinski definition) is 1. The van der Waals surface area contributed by atoms with Crippen LogP contribution in [-0.4, -0.2) is 48.6 Å². The molecule has 1 fully saturated rings. The molecule has 6 nitrogen and oxygen atoms in total. The number of carbonyl (C=O) groups excluding carboxylic acids is 1. The fourth-order valence-corrected chi connectivity index (χ4v) is 3.94. The molecule has 2 rings (SSSR count). The van der Waals surface area contributed by atoms with Crippen LogP contribution in [0.3, 0.4) is 0 Å². The van der Waals surface area contributed by atoms with Gasteiger partial charge in [-0.1, -0.05) is 0 Å². The summed E-state index contributed by atoms with van der Waals surface area (Å²) >= 11 is 0. The third-order valence-corrected chi connectivity index (χ3v) is 6.10. The van der Waals surface area contributed by atoms with Gasteiger partial charge < -0.3 is 10.0 Å². The third-order valence-electron chi connectivity index (χ3n) is 4.04. The van der Waals surface area contributed by atoms with Gasteiger partial charge in [0.05, 0.1) is 10.8 Å². The number of carboxylic acids is 1. The second kappa shape index (κ2) is 6.66. The molecule has 126 valence electrons. The number of carboxylic acid groups (broad SMARTS) is 1. The van der Waals surface area contributed by atoms with E-state index in [0.29, 0.717) is 19.4 Å². The molecule has 0 aromatic heterocycles. The normalized spacial score (nSPS) is 20.1. The Labute approximate surface area is 133 Å². The smallest absolute Gasteiger partial charge is 0.308 e. The van der Waals surface area contributed by atoms with E-state index in [0.717, 1.165) is 24.3 Å². The van der Waals surface area contributed by atoms with Crippen molar-refractivity contribution in [3.05, 3.63) is 30.1 Å².